The Bertz CT molecular complexity index is 201. The molecule has 0 N–H and O–H groups in total. The fourth-order valence-corrected chi connectivity index (χ4v) is 2.06. The topological polar surface area (TPSA) is 20.3 Å². The lowest BCUT2D eigenvalue weighted by Crippen LogP contribution is -2.32. The van der Waals surface area contributed by atoms with Crippen molar-refractivity contribution < 1.29 is 4.79 Å². The molecule has 0 aliphatic heterocycles. The molecule has 0 spiro atoms. The van der Waals surface area contributed by atoms with Gasteiger partial charge in [-0.1, -0.05) is 58.3 Å². The first kappa shape index (κ1) is 17.6. The Hall–Kier alpha value is -0.370. The second-order valence-electron chi connectivity index (χ2n) is 5.52. The number of ketones is 1. The van der Waals surface area contributed by atoms with E-state index in [2.05, 4.69) is 13.8 Å². The molecule has 0 aromatic heterocycles. The van der Waals surface area contributed by atoms with Crippen LogP contribution in [0.4, 0.5) is 0 Å². The zero-order chi connectivity index (χ0) is 13.8. The van der Waals surface area contributed by atoms with Gasteiger partial charge in [0.1, 0.15) is 5.78 Å². The molecule has 0 fully saturated rings. The molecule has 0 aliphatic rings. The van der Waals surface area contributed by atoms with Crippen molar-refractivity contribution in [2.24, 2.45) is 0 Å². The lowest BCUT2D eigenvalue weighted by Gasteiger charge is -2.17. The fourth-order valence-electron chi connectivity index (χ4n) is 2.06. The van der Waals surface area contributed by atoms with Gasteiger partial charge in [0.25, 0.3) is 0 Å². The number of likely N-dealkylation sites (N-methyl/N-ethyl adjacent to an activating group) is 1. The number of Topliss-reactive ketones (excluding diaryl/α,β-unsaturated/α-hetero) is 1. The van der Waals surface area contributed by atoms with E-state index in [-0.39, 0.29) is 11.8 Å². The van der Waals surface area contributed by atoms with Crippen LogP contribution in [-0.2, 0) is 4.79 Å². The third kappa shape index (κ3) is 9.64. The van der Waals surface area contributed by atoms with E-state index in [1.165, 1.54) is 51.4 Å². The predicted molar refractivity (Wildman–Crippen MR) is 79.7 cm³/mol. The summed E-state index contributed by atoms with van der Waals surface area (Å²) in [7, 11) is 3.82. The second-order valence-corrected chi connectivity index (χ2v) is 5.52. The average Bonchev–Trinajstić information content (AvgIpc) is 2.35. The van der Waals surface area contributed by atoms with E-state index in [4.69, 9.17) is 0 Å². The molecule has 0 aliphatic carbocycles. The first-order valence-electron chi connectivity index (χ1n) is 7.61. The maximum absolute atomic E-state index is 11.7. The van der Waals surface area contributed by atoms with Crippen molar-refractivity contribution in [2.75, 3.05) is 14.1 Å². The molecule has 0 aromatic rings. The highest BCUT2D eigenvalue weighted by Gasteiger charge is 2.13. The molecule has 2 nitrogen and oxygen atoms in total. The van der Waals surface area contributed by atoms with Crippen molar-refractivity contribution in [3.63, 3.8) is 0 Å². The molecule has 0 heterocycles. The molecule has 18 heavy (non-hydrogen) atoms. The van der Waals surface area contributed by atoms with Crippen LogP contribution < -0.4 is 0 Å². The van der Waals surface area contributed by atoms with Gasteiger partial charge < -0.3 is 0 Å². The van der Waals surface area contributed by atoms with Crippen molar-refractivity contribution in [2.45, 2.75) is 77.2 Å². The number of rotatable bonds is 12. The highest BCUT2D eigenvalue weighted by molar-refractivity contribution is 5.84. The molecular weight excluding hydrogens is 222 g/mol. The summed E-state index contributed by atoms with van der Waals surface area (Å²) in [6, 6.07) is -0.168. The van der Waals surface area contributed by atoms with Gasteiger partial charge in [-0.25, -0.2) is 0 Å². The Morgan fingerprint density at radius 1 is 0.944 bits per heavy atom. The lowest BCUT2D eigenvalue weighted by atomic mass is 10.0. The van der Waals surface area contributed by atoms with Crippen LogP contribution in [0.2, 0.25) is 0 Å². The number of unbranched alkanes of at least 4 members (excludes halogenated alkanes) is 8. The Morgan fingerprint density at radius 2 is 1.39 bits per heavy atom. The number of carbonyl (C=O) groups is 1. The Labute approximate surface area is 114 Å². The Morgan fingerprint density at radius 3 is 1.83 bits per heavy atom. The molecule has 2 heteroatoms. The van der Waals surface area contributed by atoms with Gasteiger partial charge in [-0.15, -0.1) is 0 Å². The van der Waals surface area contributed by atoms with Gasteiger partial charge in [-0.2, -0.15) is 0 Å². The largest absolute Gasteiger partial charge is 0.300 e. The van der Waals surface area contributed by atoms with E-state index in [9.17, 15) is 4.79 Å². The van der Waals surface area contributed by atoms with Gasteiger partial charge in [0.15, 0.2) is 0 Å². The number of hydrogen-bond donors (Lipinski definition) is 0. The van der Waals surface area contributed by atoms with Gasteiger partial charge >= 0.3 is 0 Å². The van der Waals surface area contributed by atoms with Crippen molar-refractivity contribution in [3.05, 3.63) is 6.92 Å². The lowest BCUT2D eigenvalue weighted by molar-refractivity contribution is -0.122. The highest BCUT2D eigenvalue weighted by Crippen LogP contribution is 2.11. The van der Waals surface area contributed by atoms with E-state index in [1.807, 2.05) is 19.0 Å². The van der Waals surface area contributed by atoms with Crippen LogP contribution in [0.5, 0.6) is 0 Å². The molecular formula is C16H32NO. The summed E-state index contributed by atoms with van der Waals surface area (Å²) in [5.41, 5.74) is 0. The minimum Gasteiger partial charge on any atom is -0.300 e. The van der Waals surface area contributed by atoms with Crippen molar-refractivity contribution in [3.8, 4) is 0 Å². The van der Waals surface area contributed by atoms with Crippen LogP contribution >= 0.6 is 0 Å². The molecule has 0 amide bonds. The van der Waals surface area contributed by atoms with Gasteiger partial charge in [0, 0.05) is 6.42 Å². The monoisotopic (exact) mass is 254 g/mol. The molecule has 1 atom stereocenters. The molecule has 1 unspecified atom stereocenters. The smallest absolute Gasteiger partial charge is 0.149 e. The minimum absolute atomic E-state index is 0.168. The SMILES string of the molecule is [CH2]C(C(=O)CCCCCCCCCCC)N(C)C. The van der Waals surface area contributed by atoms with E-state index >= 15 is 0 Å². The van der Waals surface area contributed by atoms with Crippen molar-refractivity contribution >= 4 is 5.78 Å². The maximum Gasteiger partial charge on any atom is 0.149 e. The quantitative estimate of drug-likeness (QED) is 0.485. The Kier molecular flexibility index (Phi) is 11.5. The summed E-state index contributed by atoms with van der Waals surface area (Å²) in [6.07, 6.45) is 12.4. The second kappa shape index (κ2) is 11.7. The molecule has 0 saturated carbocycles. The summed E-state index contributed by atoms with van der Waals surface area (Å²) in [5.74, 6) is 0.281. The predicted octanol–water partition coefficient (Wildman–Crippen LogP) is 4.24. The van der Waals surface area contributed by atoms with Crippen LogP contribution in [0.3, 0.4) is 0 Å². The van der Waals surface area contributed by atoms with E-state index in [0.29, 0.717) is 6.42 Å². The standard InChI is InChI=1S/C16H32NO/c1-5-6-7-8-9-10-11-12-13-14-16(18)15(2)17(3)4/h15H,2,5-14H2,1,3-4H3. The summed E-state index contributed by atoms with van der Waals surface area (Å²) in [5, 5.41) is 0. The van der Waals surface area contributed by atoms with Crippen molar-refractivity contribution in [1.29, 1.82) is 0 Å². The summed E-state index contributed by atoms with van der Waals surface area (Å²) in [6.45, 7) is 6.12. The minimum atomic E-state index is -0.168. The third-order valence-corrected chi connectivity index (χ3v) is 3.52. The fraction of sp³-hybridized carbons (Fsp3) is 0.875. The molecule has 0 saturated heterocycles. The molecule has 0 aromatic carbocycles. The van der Waals surface area contributed by atoms with Crippen LogP contribution in [0.15, 0.2) is 0 Å². The van der Waals surface area contributed by atoms with E-state index in [0.717, 1.165) is 6.42 Å². The zero-order valence-corrected chi connectivity index (χ0v) is 12.7. The first-order valence-corrected chi connectivity index (χ1v) is 7.61. The molecule has 107 valence electrons. The van der Waals surface area contributed by atoms with Crippen LogP contribution in [0, 0.1) is 6.92 Å². The summed E-state index contributed by atoms with van der Waals surface area (Å²) in [4.78, 5) is 13.6. The van der Waals surface area contributed by atoms with Crippen LogP contribution in [0.25, 0.3) is 0 Å². The molecule has 1 radical (unpaired) electrons. The van der Waals surface area contributed by atoms with Gasteiger partial charge in [-0.05, 0) is 27.4 Å². The average molecular weight is 254 g/mol. The van der Waals surface area contributed by atoms with Crippen LogP contribution in [0.1, 0.15) is 71.1 Å². The van der Waals surface area contributed by atoms with Gasteiger partial charge in [0.2, 0.25) is 0 Å². The third-order valence-electron chi connectivity index (χ3n) is 3.52. The summed E-state index contributed by atoms with van der Waals surface area (Å²) < 4.78 is 0. The number of hydrogen-bond acceptors (Lipinski definition) is 2. The Balaban J connectivity index is 3.27. The number of carbonyl (C=O) groups excluding carboxylic acids is 1. The normalized spacial score (nSPS) is 12.9. The molecule has 0 rings (SSSR count). The van der Waals surface area contributed by atoms with Gasteiger partial charge in [-0.3, -0.25) is 9.69 Å². The van der Waals surface area contributed by atoms with E-state index < -0.39 is 0 Å². The molecule has 0 bridgehead atoms. The maximum atomic E-state index is 11.7. The highest BCUT2D eigenvalue weighted by atomic mass is 16.1. The van der Waals surface area contributed by atoms with E-state index in [1.54, 1.807) is 0 Å². The van der Waals surface area contributed by atoms with Crippen LogP contribution in [-0.4, -0.2) is 30.8 Å². The van der Waals surface area contributed by atoms with Crippen molar-refractivity contribution in [1.82, 2.24) is 4.90 Å². The number of nitrogens with zero attached hydrogens (tertiary/aromatic N) is 1. The zero-order valence-electron chi connectivity index (χ0n) is 12.7. The van der Waals surface area contributed by atoms with Gasteiger partial charge in [0.05, 0.1) is 6.04 Å². The summed E-state index contributed by atoms with van der Waals surface area (Å²) >= 11 is 0. The first-order chi connectivity index (χ1) is 8.59.